The molecule has 0 saturated heterocycles. The number of hydrogen-bond donors (Lipinski definition) is 2. The molecule has 0 spiro atoms. The van der Waals surface area contributed by atoms with E-state index in [0.29, 0.717) is 5.92 Å². The van der Waals surface area contributed by atoms with Crippen molar-refractivity contribution in [3.05, 3.63) is 35.9 Å². The Morgan fingerprint density at radius 2 is 2.06 bits per heavy atom. The van der Waals surface area contributed by atoms with Crippen LogP contribution in [0, 0.1) is 5.92 Å². The van der Waals surface area contributed by atoms with Crippen molar-refractivity contribution in [3.8, 4) is 0 Å². The predicted molar refractivity (Wildman–Crippen MR) is 74.0 cm³/mol. The van der Waals surface area contributed by atoms with Crippen LogP contribution in [-0.2, 0) is 11.2 Å². The average Bonchev–Trinajstić information content (AvgIpc) is 3.23. The van der Waals surface area contributed by atoms with Gasteiger partial charge in [-0.05, 0) is 43.6 Å². The second-order valence-corrected chi connectivity index (χ2v) is 5.19. The highest BCUT2D eigenvalue weighted by Crippen LogP contribution is 2.36. The molecule has 2 atom stereocenters. The summed E-state index contributed by atoms with van der Waals surface area (Å²) in [6, 6.07) is 10.9. The maximum absolute atomic E-state index is 5.66. The number of hydrazine groups is 1. The zero-order valence-corrected chi connectivity index (χ0v) is 11.1. The van der Waals surface area contributed by atoms with Crippen LogP contribution in [0.2, 0.25) is 0 Å². The van der Waals surface area contributed by atoms with E-state index in [0.717, 1.165) is 19.3 Å². The first-order valence-corrected chi connectivity index (χ1v) is 6.88. The van der Waals surface area contributed by atoms with E-state index in [9.17, 15) is 0 Å². The van der Waals surface area contributed by atoms with Crippen LogP contribution in [0.3, 0.4) is 0 Å². The standard InChI is InChI=1S/C15H24N2O/c1-18-15(13-10-11-13)14(17-16)9-5-8-12-6-3-2-4-7-12/h2-4,6-7,13-15,17H,5,8-11,16H2,1H3. The van der Waals surface area contributed by atoms with Crippen LogP contribution in [0.1, 0.15) is 31.2 Å². The van der Waals surface area contributed by atoms with Gasteiger partial charge in [0.1, 0.15) is 0 Å². The Morgan fingerprint density at radius 3 is 2.61 bits per heavy atom. The topological polar surface area (TPSA) is 47.3 Å². The number of nitrogens with two attached hydrogens (primary N) is 1. The van der Waals surface area contributed by atoms with Crippen LogP contribution in [0.25, 0.3) is 0 Å². The molecular formula is C15H24N2O. The van der Waals surface area contributed by atoms with E-state index in [2.05, 4.69) is 35.8 Å². The lowest BCUT2D eigenvalue weighted by Crippen LogP contribution is -2.45. The SMILES string of the molecule is COC(C1CC1)C(CCCc1ccccc1)NN. The summed E-state index contributed by atoms with van der Waals surface area (Å²) in [5.74, 6) is 6.38. The molecule has 0 radical (unpaired) electrons. The van der Waals surface area contributed by atoms with Gasteiger partial charge in [-0.3, -0.25) is 11.3 Å². The molecule has 0 bridgehead atoms. The van der Waals surface area contributed by atoms with Gasteiger partial charge in [0.05, 0.1) is 6.10 Å². The van der Waals surface area contributed by atoms with E-state index < -0.39 is 0 Å². The lowest BCUT2D eigenvalue weighted by Gasteiger charge is -2.25. The summed E-state index contributed by atoms with van der Waals surface area (Å²) in [5.41, 5.74) is 4.33. The number of rotatable bonds is 8. The molecule has 2 unspecified atom stereocenters. The average molecular weight is 248 g/mol. The summed E-state index contributed by atoms with van der Waals surface area (Å²) in [4.78, 5) is 0. The number of ether oxygens (including phenoxy) is 1. The molecule has 1 aromatic rings. The van der Waals surface area contributed by atoms with E-state index in [-0.39, 0.29) is 12.1 Å². The third-order valence-corrected chi connectivity index (χ3v) is 3.79. The maximum Gasteiger partial charge on any atom is 0.0765 e. The Bertz CT molecular complexity index is 338. The molecule has 1 fully saturated rings. The second-order valence-electron chi connectivity index (χ2n) is 5.19. The molecule has 18 heavy (non-hydrogen) atoms. The van der Waals surface area contributed by atoms with Crippen LogP contribution < -0.4 is 11.3 Å². The Labute approximate surface area is 110 Å². The van der Waals surface area contributed by atoms with Crippen LogP contribution in [0.5, 0.6) is 0 Å². The molecule has 1 aliphatic carbocycles. The van der Waals surface area contributed by atoms with Crippen molar-refractivity contribution in [2.24, 2.45) is 11.8 Å². The van der Waals surface area contributed by atoms with Crippen molar-refractivity contribution in [2.75, 3.05) is 7.11 Å². The van der Waals surface area contributed by atoms with Crippen molar-refractivity contribution in [1.29, 1.82) is 0 Å². The maximum atomic E-state index is 5.66. The molecule has 0 aliphatic heterocycles. The van der Waals surface area contributed by atoms with Crippen LogP contribution in [-0.4, -0.2) is 19.3 Å². The van der Waals surface area contributed by atoms with Gasteiger partial charge in [-0.25, -0.2) is 0 Å². The summed E-state index contributed by atoms with van der Waals surface area (Å²) in [6.45, 7) is 0. The van der Waals surface area contributed by atoms with Crippen LogP contribution >= 0.6 is 0 Å². The van der Waals surface area contributed by atoms with E-state index in [1.807, 2.05) is 0 Å². The summed E-state index contributed by atoms with van der Waals surface area (Å²) >= 11 is 0. The Balaban J connectivity index is 1.76. The molecular weight excluding hydrogens is 224 g/mol. The van der Waals surface area contributed by atoms with E-state index in [4.69, 9.17) is 10.6 Å². The van der Waals surface area contributed by atoms with Gasteiger partial charge in [0.25, 0.3) is 0 Å². The molecule has 3 heteroatoms. The van der Waals surface area contributed by atoms with Crippen molar-refractivity contribution in [2.45, 2.75) is 44.2 Å². The Hall–Kier alpha value is -0.900. The minimum absolute atomic E-state index is 0.283. The van der Waals surface area contributed by atoms with E-state index in [1.54, 1.807) is 7.11 Å². The van der Waals surface area contributed by atoms with Crippen molar-refractivity contribution in [1.82, 2.24) is 5.43 Å². The monoisotopic (exact) mass is 248 g/mol. The molecule has 3 nitrogen and oxygen atoms in total. The van der Waals surface area contributed by atoms with Crippen LogP contribution in [0.15, 0.2) is 30.3 Å². The van der Waals surface area contributed by atoms with E-state index in [1.165, 1.54) is 18.4 Å². The van der Waals surface area contributed by atoms with Gasteiger partial charge >= 0.3 is 0 Å². The summed E-state index contributed by atoms with van der Waals surface area (Å²) in [6.07, 6.45) is 6.18. The van der Waals surface area contributed by atoms with Gasteiger partial charge in [-0.1, -0.05) is 30.3 Å². The first kappa shape index (κ1) is 13.5. The summed E-state index contributed by atoms with van der Waals surface area (Å²) in [5, 5.41) is 0. The third-order valence-electron chi connectivity index (χ3n) is 3.79. The lowest BCUT2D eigenvalue weighted by molar-refractivity contribution is 0.0478. The molecule has 1 aliphatic rings. The zero-order chi connectivity index (χ0) is 12.8. The highest BCUT2D eigenvalue weighted by Gasteiger charge is 2.36. The van der Waals surface area contributed by atoms with Gasteiger partial charge in [0, 0.05) is 13.2 Å². The van der Waals surface area contributed by atoms with Gasteiger partial charge < -0.3 is 4.74 Å². The van der Waals surface area contributed by atoms with Crippen molar-refractivity contribution < 1.29 is 4.74 Å². The first-order chi connectivity index (χ1) is 8.85. The molecule has 0 heterocycles. The Kier molecular flexibility index (Phi) is 5.17. The second kappa shape index (κ2) is 6.88. The highest BCUT2D eigenvalue weighted by molar-refractivity contribution is 5.14. The van der Waals surface area contributed by atoms with Crippen LogP contribution in [0.4, 0.5) is 0 Å². The van der Waals surface area contributed by atoms with E-state index >= 15 is 0 Å². The number of methoxy groups -OCH3 is 1. The normalized spacial score (nSPS) is 18.6. The third kappa shape index (κ3) is 3.80. The highest BCUT2D eigenvalue weighted by atomic mass is 16.5. The van der Waals surface area contributed by atoms with Gasteiger partial charge in [-0.15, -0.1) is 0 Å². The van der Waals surface area contributed by atoms with Gasteiger partial charge in [-0.2, -0.15) is 0 Å². The smallest absolute Gasteiger partial charge is 0.0765 e. The number of benzene rings is 1. The number of aryl methyl sites for hydroxylation is 1. The largest absolute Gasteiger partial charge is 0.379 e. The minimum Gasteiger partial charge on any atom is -0.379 e. The molecule has 3 N–H and O–H groups in total. The molecule has 1 aromatic carbocycles. The quantitative estimate of drug-likeness (QED) is 0.548. The summed E-state index contributed by atoms with van der Waals surface area (Å²) < 4.78 is 5.59. The summed E-state index contributed by atoms with van der Waals surface area (Å²) in [7, 11) is 1.80. The Morgan fingerprint density at radius 1 is 1.33 bits per heavy atom. The van der Waals surface area contributed by atoms with Crippen molar-refractivity contribution in [3.63, 3.8) is 0 Å². The fraction of sp³-hybridized carbons (Fsp3) is 0.600. The molecule has 2 rings (SSSR count). The fourth-order valence-corrected chi connectivity index (χ4v) is 2.62. The van der Waals surface area contributed by atoms with Crippen molar-refractivity contribution >= 4 is 0 Å². The number of hydrogen-bond acceptors (Lipinski definition) is 3. The zero-order valence-electron chi connectivity index (χ0n) is 11.1. The minimum atomic E-state index is 0.283. The lowest BCUT2D eigenvalue weighted by atomic mass is 9.99. The van der Waals surface area contributed by atoms with Gasteiger partial charge in [0.15, 0.2) is 0 Å². The predicted octanol–water partition coefficient (Wildman–Crippen LogP) is 2.27. The first-order valence-electron chi connectivity index (χ1n) is 6.88. The van der Waals surface area contributed by atoms with Gasteiger partial charge in [0.2, 0.25) is 0 Å². The molecule has 100 valence electrons. The fourth-order valence-electron chi connectivity index (χ4n) is 2.62. The molecule has 0 amide bonds. The number of nitrogens with one attached hydrogen (secondary N) is 1. The molecule has 1 saturated carbocycles. The molecule has 0 aromatic heterocycles.